The Labute approximate surface area is 111 Å². The molecule has 3 heteroatoms. The molecule has 0 aliphatic rings. The zero-order valence-corrected chi connectivity index (χ0v) is 10.5. The maximum absolute atomic E-state index is 13.6. The largest absolute Gasteiger partial charge is 0.360 e. The summed E-state index contributed by atoms with van der Waals surface area (Å²) in [5.41, 5.74) is 2.57. The number of rotatable bonds is 3. The molecule has 2 aromatic rings. The number of anilines is 1. The highest BCUT2D eigenvalue weighted by Gasteiger charge is 2.05. The van der Waals surface area contributed by atoms with Crippen LogP contribution in [0.2, 0.25) is 0 Å². The molecule has 0 aliphatic heterocycles. The molecule has 0 fully saturated rings. The van der Waals surface area contributed by atoms with E-state index >= 15 is 0 Å². The number of benzene rings is 2. The molecule has 94 valence electrons. The van der Waals surface area contributed by atoms with E-state index < -0.39 is 5.82 Å². The van der Waals surface area contributed by atoms with Gasteiger partial charge in [-0.25, -0.2) is 4.39 Å². The van der Waals surface area contributed by atoms with E-state index in [2.05, 4.69) is 5.32 Å². The molecule has 0 amide bonds. The van der Waals surface area contributed by atoms with E-state index in [1.165, 1.54) is 12.3 Å². The van der Waals surface area contributed by atoms with Crippen LogP contribution in [0, 0.1) is 24.1 Å². The molecule has 2 rings (SSSR count). The molecule has 0 heterocycles. The third-order valence-corrected chi connectivity index (χ3v) is 2.72. The number of allylic oxidation sites excluding steroid dienone is 1. The third-order valence-electron chi connectivity index (χ3n) is 2.72. The highest BCUT2D eigenvalue weighted by Crippen LogP contribution is 2.18. The molecular formula is C16H13FN2. The molecule has 0 saturated carbocycles. The van der Waals surface area contributed by atoms with Gasteiger partial charge in [0, 0.05) is 17.5 Å². The molecule has 19 heavy (non-hydrogen) atoms. The van der Waals surface area contributed by atoms with Crippen LogP contribution in [-0.4, -0.2) is 0 Å². The highest BCUT2D eigenvalue weighted by molar-refractivity contribution is 5.78. The smallest absolute Gasteiger partial charge is 0.131 e. The first-order valence-electron chi connectivity index (χ1n) is 5.89. The van der Waals surface area contributed by atoms with Crippen molar-refractivity contribution in [3.8, 4) is 6.07 Å². The molecule has 0 atom stereocenters. The lowest BCUT2D eigenvalue weighted by atomic mass is 10.1. The first kappa shape index (κ1) is 12.8. The summed E-state index contributed by atoms with van der Waals surface area (Å²) in [4.78, 5) is 0. The van der Waals surface area contributed by atoms with Gasteiger partial charge in [-0.3, -0.25) is 0 Å². The minimum atomic E-state index is -0.402. The minimum Gasteiger partial charge on any atom is -0.360 e. The highest BCUT2D eigenvalue weighted by atomic mass is 19.1. The van der Waals surface area contributed by atoms with Crippen LogP contribution in [0.5, 0.6) is 0 Å². The number of nitriles is 1. The van der Waals surface area contributed by atoms with Crippen molar-refractivity contribution < 1.29 is 4.39 Å². The van der Waals surface area contributed by atoms with E-state index in [0.29, 0.717) is 5.56 Å². The van der Waals surface area contributed by atoms with Crippen LogP contribution in [-0.2, 0) is 0 Å². The number of hydrogen-bond donors (Lipinski definition) is 1. The summed E-state index contributed by atoms with van der Waals surface area (Å²) < 4.78 is 13.6. The molecular weight excluding hydrogens is 239 g/mol. The van der Waals surface area contributed by atoms with Gasteiger partial charge in [0.25, 0.3) is 0 Å². The lowest BCUT2D eigenvalue weighted by molar-refractivity contribution is 0.624. The predicted octanol–water partition coefficient (Wildman–Crippen LogP) is 4.11. The van der Waals surface area contributed by atoms with Gasteiger partial charge in [-0.05, 0) is 25.1 Å². The molecule has 0 bridgehead atoms. The maximum Gasteiger partial charge on any atom is 0.131 e. The van der Waals surface area contributed by atoms with E-state index in [1.54, 1.807) is 18.2 Å². The van der Waals surface area contributed by atoms with Crippen molar-refractivity contribution in [3.05, 3.63) is 71.7 Å². The zero-order valence-electron chi connectivity index (χ0n) is 10.5. The van der Waals surface area contributed by atoms with E-state index in [9.17, 15) is 4.39 Å². The molecule has 0 spiro atoms. The number of halogens is 1. The van der Waals surface area contributed by atoms with Crippen LogP contribution in [0.25, 0.3) is 5.57 Å². The van der Waals surface area contributed by atoms with Crippen LogP contribution in [0.15, 0.2) is 54.7 Å². The minimum absolute atomic E-state index is 0.263. The summed E-state index contributed by atoms with van der Waals surface area (Å²) in [7, 11) is 0. The average molecular weight is 252 g/mol. The second-order valence-corrected chi connectivity index (χ2v) is 4.16. The SMILES string of the molecule is Cc1ccc(N/C=C(\C#N)c2ccccc2F)cc1. The summed E-state index contributed by atoms with van der Waals surface area (Å²) in [5, 5.41) is 12.1. The van der Waals surface area contributed by atoms with Crippen LogP contribution >= 0.6 is 0 Å². The fraction of sp³-hybridized carbons (Fsp3) is 0.0625. The number of nitrogens with one attached hydrogen (secondary N) is 1. The van der Waals surface area contributed by atoms with Crippen molar-refractivity contribution in [1.29, 1.82) is 5.26 Å². The van der Waals surface area contributed by atoms with Crippen molar-refractivity contribution in [2.45, 2.75) is 6.92 Å². The standard InChI is InChI=1S/C16H13FN2/c1-12-6-8-14(9-7-12)19-11-13(10-18)15-4-2-3-5-16(15)17/h2-9,11,19H,1H3/b13-11+. The number of nitrogens with zero attached hydrogens (tertiary/aromatic N) is 1. The monoisotopic (exact) mass is 252 g/mol. The van der Waals surface area contributed by atoms with Crippen molar-refractivity contribution >= 4 is 11.3 Å². The van der Waals surface area contributed by atoms with Gasteiger partial charge in [-0.15, -0.1) is 0 Å². The Morgan fingerprint density at radius 3 is 2.47 bits per heavy atom. The van der Waals surface area contributed by atoms with Gasteiger partial charge < -0.3 is 5.32 Å². The molecule has 0 saturated heterocycles. The Morgan fingerprint density at radius 2 is 1.84 bits per heavy atom. The Bertz CT molecular complexity index is 637. The topological polar surface area (TPSA) is 35.8 Å². The lowest BCUT2D eigenvalue weighted by Crippen LogP contribution is -1.93. The second-order valence-electron chi connectivity index (χ2n) is 4.16. The Kier molecular flexibility index (Phi) is 3.94. The first-order valence-corrected chi connectivity index (χ1v) is 5.89. The van der Waals surface area contributed by atoms with Gasteiger partial charge in [0.1, 0.15) is 11.9 Å². The average Bonchev–Trinajstić information content (AvgIpc) is 2.43. The Hall–Kier alpha value is -2.60. The molecule has 1 N–H and O–H groups in total. The van der Waals surface area contributed by atoms with Crippen molar-refractivity contribution in [3.63, 3.8) is 0 Å². The molecule has 2 aromatic carbocycles. The molecule has 0 unspecified atom stereocenters. The zero-order chi connectivity index (χ0) is 13.7. The van der Waals surface area contributed by atoms with Crippen LogP contribution in [0.1, 0.15) is 11.1 Å². The van der Waals surface area contributed by atoms with Gasteiger partial charge in [0.2, 0.25) is 0 Å². The summed E-state index contributed by atoms with van der Waals surface area (Å²) in [6.45, 7) is 2.00. The molecule has 0 radical (unpaired) electrons. The van der Waals surface area contributed by atoms with Crippen LogP contribution in [0.3, 0.4) is 0 Å². The summed E-state index contributed by atoms with van der Waals surface area (Å²) in [5.74, 6) is -0.402. The summed E-state index contributed by atoms with van der Waals surface area (Å²) >= 11 is 0. The summed E-state index contributed by atoms with van der Waals surface area (Å²) in [6.07, 6.45) is 1.52. The fourth-order valence-electron chi connectivity index (χ4n) is 1.66. The first-order chi connectivity index (χ1) is 9.20. The van der Waals surface area contributed by atoms with Crippen molar-refractivity contribution in [2.75, 3.05) is 5.32 Å². The third kappa shape index (κ3) is 3.20. The van der Waals surface area contributed by atoms with Gasteiger partial charge >= 0.3 is 0 Å². The summed E-state index contributed by atoms with van der Waals surface area (Å²) in [6, 6.07) is 16.0. The van der Waals surface area contributed by atoms with Crippen molar-refractivity contribution in [1.82, 2.24) is 0 Å². The number of hydrogen-bond acceptors (Lipinski definition) is 2. The van der Waals surface area contributed by atoms with Gasteiger partial charge in [0.05, 0.1) is 5.57 Å². The van der Waals surface area contributed by atoms with E-state index in [4.69, 9.17) is 5.26 Å². The van der Waals surface area contributed by atoms with Crippen molar-refractivity contribution in [2.24, 2.45) is 0 Å². The van der Waals surface area contributed by atoms with Gasteiger partial charge in [-0.2, -0.15) is 5.26 Å². The van der Waals surface area contributed by atoms with Crippen LogP contribution < -0.4 is 5.32 Å². The predicted molar refractivity (Wildman–Crippen MR) is 74.8 cm³/mol. The van der Waals surface area contributed by atoms with Gasteiger partial charge in [-0.1, -0.05) is 35.9 Å². The fourth-order valence-corrected chi connectivity index (χ4v) is 1.66. The quantitative estimate of drug-likeness (QED) is 0.834. The van der Waals surface area contributed by atoms with Crippen LogP contribution in [0.4, 0.5) is 10.1 Å². The Balaban J connectivity index is 2.24. The number of aryl methyl sites for hydroxylation is 1. The Morgan fingerprint density at radius 1 is 1.16 bits per heavy atom. The van der Waals surface area contributed by atoms with E-state index in [-0.39, 0.29) is 5.57 Å². The molecule has 2 nitrogen and oxygen atoms in total. The lowest BCUT2D eigenvalue weighted by Gasteiger charge is -2.04. The van der Waals surface area contributed by atoms with Gasteiger partial charge in [0.15, 0.2) is 0 Å². The molecule has 0 aromatic heterocycles. The van der Waals surface area contributed by atoms with E-state index in [1.807, 2.05) is 37.3 Å². The second kappa shape index (κ2) is 5.83. The maximum atomic E-state index is 13.6. The van der Waals surface area contributed by atoms with E-state index in [0.717, 1.165) is 11.3 Å². The normalized spacial score (nSPS) is 10.9. The molecule has 0 aliphatic carbocycles.